The lowest BCUT2D eigenvalue weighted by molar-refractivity contribution is 0.397. The first-order chi connectivity index (χ1) is 8.33. The average Bonchev–Trinajstić information content (AvgIpc) is 2.32. The number of allylic oxidation sites excluding steroid dienone is 2. The molecule has 0 nitrogen and oxygen atoms in total. The van der Waals surface area contributed by atoms with Gasteiger partial charge in [-0.3, -0.25) is 0 Å². The van der Waals surface area contributed by atoms with Crippen LogP contribution in [-0.2, 0) is 0 Å². The van der Waals surface area contributed by atoms with Crippen LogP contribution in [0.2, 0.25) is 0 Å². The zero-order valence-electron chi connectivity index (χ0n) is 14.1. The van der Waals surface area contributed by atoms with E-state index in [-0.39, 0.29) is 0 Å². The van der Waals surface area contributed by atoms with Gasteiger partial charge in [-0.15, -0.1) is 0 Å². The van der Waals surface area contributed by atoms with Crippen molar-refractivity contribution in [3.05, 3.63) is 11.1 Å². The monoisotopic (exact) mass is 252 g/mol. The van der Waals surface area contributed by atoms with Gasteiger partial charge in [0.1, 0.15) is 0 Å². The van der Waals surface area contributed by atoms with E-state index in [2.05, 4.69) is 55.4 Å². The molecular formula is C18H36. The topological polar surface area (TPSA) is 0 Å². The third-order valence-electron chi connectivity index (χ3n) is 4.77. The van der Waals surface area contributed by atoms with E-state index >= 15 is 0 Å². The summed E-state index contributed by atoms with van der Waals surface area (Å²) in [5.74, 6) is 3.23. The van der Waals surface area contributed by atoms with Crippen molar-refractivity contribution in [1.29, 1.82) is 0 Å². The van der Waals surface area contributed by atoms with E-state index in [1.165, 1.54) is 25.7 Å². The van der Waals surface area contributed by atoms with Crippen LogP contribution in [0.4, 0.5) is 0 Å². The van der Waals surface area contributed by atoms with Gasteiger partial charge in [0.25, 0.3) is 0 Å². The zero-order valence-corrected chi connectivity index (χ0v) is 14.1. The summed E-state index contributed by atoms with van der Waals surface area (Å²) in [6.45, 7) is 18.9. The second-order valence-corrected chi connectivity index (χ2v) is 6.77. The quantitative estimate of drug-likeness (QED) is 0.434. The minimum Gasteiger partial charge on any atom is -0.0710 e. The molecule has 0 heterocycles. The Hall–Kier alpha value is -0.260. The van der Waals surface area contributed by atoms with Gasteiger partial charge in [-0.1, -0.05) is 66.5 Å². The maximum absolute atomic E-state index is 2.40. The Labute approximate surface area is 116 Å². The fraction of sp³-hybridized carbons (Fsp3) is 0.889. The van der Waals surface area contributed by atoms with Crippen LogP contribution in [-0.4, -0.2) is 0 Å². The molecule has 0 aliphatic heterocycles. The lowest BCUT2D eigenvalue weighted by Gasteiger charge is -2.23. The molecule has 0 aromatic rings. The molecule has 0 saturated carbocycles. The van der Waals surface area contributed by atoms with Crippen molar-refractivity contribution in [3.63, 3.8) is 0 Å². The molecule has 0 N–H and O–H groups in total. The highest BCUT2D eigenvalue weighted by Crippen LogP contribution is 2.30. The molecule has 0 saturated heterocycles. The summed E-state index contributed by atoms with van der Waals surface area (Å²) >= 11 is 0. The fourth-order valence-corrected chi connectivity index (χ4v) is 2.33. The Kier molecular flexibility index (Phi) is 8.65. The van der Waals surface area contributed by atoms with E-state index in [1.807, 2.05) is 0 Å². The lowest BCUT2D eigenvalue weighted by atomic mass is 9.83. The van der Waals surface area contributed by atoms with Gasteiger partial charge in [-0.25, -0.2) is 0 Å². The van der Waals surface area contributed by atoms with Crippen LogP contribution in [0.1, 0.15) is 81.1 Å². The van der Waals surface area contributed by atoms with Gasteiger partial charge in [0, 0.05) is 0 Å². The molecule has 2 atom stereocenters. The first-order valence-corrected chi connectivity index (χ1v) is 8.03. The molecule has 0 aliphatic carbocycles. The molecule has 0 amide bonds. The summed E-state index contributed by atoms with van der Waals surface area (Å²) < 4.78 is 0. The average molecular weight is 252 g/mol. The predicted octanol–water partition coefficient (Wildman–Crippen LogP) is 6.47. The summed E-state index contributed by atoms with van der Waals surface area (Å²) in [6.07, 6.45) is 5.10. The highest BCUT2D eigenvalue weighted by molar-refractivity contribution is 5.15. The third-order valence-corrected chi connectivity index (χ3v) is 4.77. The highest BCUT2D eigenvalue weighted by atomic mass is 14.2. The summed E-state index contributed by atoms with van der Waals surface area (Å²) in [5, 5.41) is 0. The molecule has 0 fully saturated rings. The van der Waals surface area contributed by atoms with E-state index in [0.29, 0.717) is 0 Å². The molecule has 0 rings (SSSR count). The van der Waals surface area contributed by atoms with Crippen molar-refractivity contribution in [2.75, 3.05) is 0 Å². The summed E-state index contributed by atoms with van der Waals surface area (Å²) in [4.78, 5) is 0. The Morgan fingerprint density at radius 2 is 0.889 bits per heavy atom. The number of rotatable bonds is 8. The molecule has 0 aliphatic rings. The van der Waals surface area contributed by atoms with E-state index in [9.17, 15) is 0 Å². The molecule has 0 heteroatoms. The van der Waals surface area contributed by atoms with Gasteiger partial charge >= 0.3 is 0 Å². The lowest BCUT2D eigenvalue weighted by Crippen LogP contribution is -2.09. The van der Waals surface area contributed by atoms with Gasteiger partial charge < -0.3 is 0 Å². The normalized spacial score (nSPS) is 17.0. The van der Waals surface area contributed by atoms with E-state index in [1.54, 1.807) is 11.1 Å². The van der Waals surface area contributed by atoms with Crippen LogP contribution in [0, 0.1) is 23.7 Å². The minimum atomic E-state index is 0.798. The summed E-state index contributed by atoms with van der Waals surface area (Å²) in [5.41, 5.74) is 3.48. The van der Waals surface area contributed by atoms with Crippen LogP contribution in [0.15, 0.2) is 11.1 Å². The van der Waals surface area contributed by atoms with Gasteiger partial charge in [0.15, 0.2) is 0 Å². The number of hydrogen-bond acceptors (Lipinski definition) is 0. The largest absolute Gasteiger partial charge is 0.0710 e. The molecule has 0 aromatic heterocycles. The fourth-order valence-electron chi connectivity index (χ4n) is 2.33. The molecule has 0 bridgehead atoms. The molecule has 0 aromatic carbocycles. The van der Waals surface area contributed by atoms with Crippen molar-refractivity contribution >= 4 is 0 Å². The molecular weight excluding hydrogens is 216 g/mol. The summed E-state index contributed by atoms with van der Waals surface area (Å²) in [6, 6.07) is 0. The van der Waals surface area contributed by atoms with Crippen LogP contribution < -0.4 is 0 Å². The Balaban J connectivity index is 4.82. The minimum absolute atomic E-state index is 0.798. The smallest absolute Gasteiger partial charge is 0.0289 e. The maximum atomic E-state index is 2.40. The van der Waals surface area contributed by atoms with E-state index < -0.39 is 0 Å². The predicted molar refractivity (Wildman–Crippen MR) is 84.8 cm³/mol. The van der Waals surface area contributed by atoms with Gasteiger partial charge in [-0.2, -0.15) is 0 Å². The van der Waals surface area contributed by atoms with Gasteiger partial charge in [-0.05, 0) is 49.4 Å². The van der Waals surface area contributed by atoms with Crippen molar-refractivity contribution in [1.82, 2.24) is 0 Å². The Morgan fingerprint density at radius 1 is 0.611 bits per heavy atom. The molecule has 108 valence electrons. The third kappa shape index (κ3) is 6.07. The van der Waals surface area contributed by atoms with Crippen LogP contribution in [0.25, 0.3) is 0 Å². The SMILES string of the molecule is CC/C(C[C@@H](C)C(C)C)=C(\CC)C[C@H](C)C(C)C. The van der Waals surface area contributed by atoms with Crippen LogP contribution in [0.3, 0.4) is 0 Å². The first kappa shape index (κ1) is 17.7. The van der Waals surface area contributed by atoms with Gasteiger partial charge in [0.05, 0.1) is 0 Å². The molecule has 0 radical (unpaired) electrons. The zero-order chi connectivity index (χ0) is 14.3. The molecule has 0 unspecified atom stereocenters. The van der Waals surface area contributed by atoms with Gasteiger partial charge in [0.2, 0.25) is 0 Å². The highest BCUT2D eigenvalue weighted by Gasteiger charge is 2.15. The van der Waals surface area contributed by atoms with Crippen molar-refractivity contribution in [2.45, 2.75) is 81.1 Å². The molecule has 18 heavy (non-hydrogen) atoms. The summed E-state index contributed by atoms with van der Waals surface area (Å²) in [7, 11) is 0. The van der Waals surface area contributed by atoms with E-state index in [4.69, 9.17) is 0 Å². The van der Waals surface area contributed by atoms with Crippen LogP contribution in [0.5, 0.6) is 0 Å². The van der Waals surface area contributed by atoms with Crippen molar-refractivity contribution in [3.8, 4) is 0 Å². The maximum Gasteiger partial charge on any atom is -0.0289 e. The second kappa shape index (κ2) is 8.77. The number of hydrogen-bond donors (Lipinski definition) is 0. The van der Waals surface area contributed by atoms with Crippen molar-refractivity contribution < 1.29 is 0 Å². The standard InChI is InChI=1S/C18H36/c1-9-17(11-15(7)13(3)4)18(10-2)12-16(8)14(5)6/h13-16H,9-12H2,1-8H3/b18-17-/t15-,16+. The molecule has 0 spiro atoms. The first-order valence-electron chi connectivity index (χ1n) is 8.03. The van der Waals surface area contributed by atoms with Crippen LogP contribution >= 0.6 is 0 Å². The van der Waals surface area contributed by atoms with Crippen molar-refractivity contribution in [2.24, 2.45) is 23.7 Å². The Bertz CT molecular complexity index is 219. The van der Waals surface area contributed by atoms with E-state index in [0.717, 1.165) is 23.7 Å². The second-order valence-electron chi connectivity index (χ2n) is 6.77. The Morgan fingerprint density at radius 3 is 1.06 bits per heavy atom.